The van der Waals surface area contributed by atoms with Gasteiger partial charge in [-0.3, -0.25) is 4.98 Å². The third kappa shape index (κ3) is 3.05. The van der Waals surface area contributed by atoms with Crippen molar-refractivity contribution in [3.63, 3.8) is 0 Å². The molecule has 5 heteroatoms. The lowest BCUT2D eigenvalue weighted by atomic mass is 10.1. The van der Waals surface area contributed by atoms with Crippen molar-refractivity contribution in [3.8, 4) is 11.5 Å². The zero-order valence-corrected chi connectivity index (χ0v) is 11.2. The minimum absolute atomic E-state index is 0.0966. The molecule has 0 aliphatic rings. The van der Waals surface area contributed by atoms with E-state index in [-0.39, 0.29) is 5.75 Å². The van der Waals surface area contributed by atoms with Gasteiger partial charge in [-0.1, -0.05) is 6.07 Å². The molecule has 1 heterocycles. The first-order valence-corrected chi connectivity index (χ1v) is 6.11. The van der Waals surface area contributed by atoms with Crippen LogP contribution >= 0.6 is 15.9 Å². The van der Waals surface area contributed by atoms with Crippen LogP contribution in [-0.2, 0) is 0 Å². The van der Waals surface area contributed by atoms with Gasteiger partial charge in [0.25, 0.3) is 0 Å². The lowest BCUT2D eigenvalue weighted by Gasteiger charge is -2.09. The second kappa shape index (κ2) is 5.46. The maximum atomic E-state index is 13.7. The van der Waals surface area contributed by atoms with Gasteiger partial charge in [-0.25, -0.2) is 4.39 Å². The molecule has 0 aliphatic carbocycles. The molecule has 0 spiro atoms. The summed E-state index contributed by atoms with van der Waals surface area (Å²) in [4.78, 5) is 3.92. The number of pyridine rings is 1. The van der Waals surface area contributed by atoms with E-state index in [9.17, 15) is 9.50 Å². The molecule has 0 amide bonds. The first-order valence-electron chi connectivity index (χ1n) is 5.32. The number of halogens is 2. The molecule has 0 bridgehead atoms. The predicted octanol–water partition coefficient (Wildman–Crippen LogP) is 3.83. The molecule has 3 nitrogen and oxygen atoms in total. The molecular weight excluding hydrogens is 301 g/mol. The Kier molecular flexibility index (Phi) is 3.93. The van der Waals surface area contributed by atoms with Crippen LogP contribution in [0.15, 0.2) is 41.1 Å². The van der Waals surface area contributed by atoms with Gasteiger partial charge in [-0.15, -0.1) is 0 Å². The van der Waals surface area contributed by atoms with Crippen LogP contribution < -0.4 is 4.74 Å². The van der Waals surface area contributed by atoms with Crippen molar-refractivity contribution >= 4 is 15.9 Å². The van der Waals surface area contributed by atoms with Crippen molar-refractivity contribution in [3.05, 3.63) is 52.5 Å². The lowest BCUT2D eigenvalue weighted by Crippen LogP contribution is -1.94. The molecule has 1 atom stereocenters. The Labute approximate surface area is 112 Å². The van der Waals surface area contributed by atoms with E-state index in [4.69, 9.17) is 4.74 Å². The molecular formula is C13H11BrFNO2. The summed E-state index contributed by atoms with van der Waals surface area (Å²) in [5, 5.41) is 9.34. The molecule has 2 aromatic rings. The molecule has 1 unspecified atom stereocenters. The Hall–Kier alpha value is -1.46. The summed E-state index contributed by atoms with van der Waals surface area (Å²) in [5.74, 6) is 0.0146. The normalized spacial score (nSPS) is 12.2. The van der Waals surface area contributed by atoms with E-state index < -0.39 is 11.9 Å². The number of nitrogens with zero attached hydrogens (tertiary/aromatic N) is 1. The number of aliphatic hydroxyl groups is 1. The Bertz CT molecular complexity index is 560. The Morgan fingerprint density at radius 3 is 2.72 bits per heavy atom. The van der Waals surface area contributed by atoms with Gasteiger partial charge in [-0.2, -0.15) is 0 Å². The fourth-order valence-electron chi connectivity index (χ4n) is 1.43. The van der Waals surface area contributed by atoms with Gasteiger partial charge in [0.1, 0.15) is 5.75 Å². The number of aliphatic hydroxyl groups excluding tert-OH is 1. The third-order valence-electron chi connectivity index (χ3n) is 2.35. The highest BCUT2D eigenvalue weighted by molar-refractivity contribution is 9.10. The average Bonchev–Trinajstić information content (AvgIpc) is 2.31. The highest BCUT2D eigenvalue weighted by atomic mass is 79.9. The zero-order chi connectivity index (χ0) is 13.1. The monoisotopic (exact) mass is 311 g/mol. The number of rotatable bonds is 3. The van der Waals surface area contributed by atoms with Crippen LogP contribution in [0.4, 0.5) is 4.39 Å². The fourth-order valence-corrected chi connectivity index (χ4v) is 1.78. The van der Waals surface area contributed by atoms with E-state index in [0.717, 1.165) is 4.47 Å². The number of benzene rings is 1. The van der Waals surface area contributed by atoms with Crippen molar-refractivity contribution in [1.82, 2.24) is 4.98 Å². The summed E-state index contributed by atoms with van der Waals surface area (Å²) in [7, 11) is 0. The van der Waals surface area contributed by atoms with Gasteiger partial charge in [0.15, 0.2) is 11.6 Å². The summed E-state index contributed by atoms with van der Waals surface area (Å²) in [5.41, 5.74) is 0.507. The van der Waals surface area contributed by atoms with Gasteiger partial charge in [-0.05, 0) is 46.6 Å². The molecule has 0 radical (unpaired) electrons. The Morgan fingerprint density at radius 2 is 2.11 bits per heavy atom. The second-order valence-corrected chi connectivity index (χ2v) is 4.72. The minimum atomic E-state index is -0.707. The predicted molar refractivity (Wildman–Crippen MR) is 69.0 cm³/mol. The van der Waals surface area contributed by atoms with Gasteiger partial charge < -0.3 is 9.84 Å². The van der Waals surface area contributed by atoms with Crippen molar-refractivity contribution in [2.24, 2.45) is 0 Å². The standard InChI is InChI=1S/C13H11BrFNO2/c1-8(17)9-2-3-13(12(15)4-9)18-11-5-10(14)6-16-7-11/h2-8,17H,1H3. The summed E-state index contributed by atoms with van der Waals surface area (Å²) < 4.78 is 19.9. The van der Waals surface area contributed by atoms with E-state index in [1.165, 1.54) is 18.3 Å². The molecule has 0 aliphatic heterocycles. The number of hydrogen-bond donors (Lipinski definition) is 1. The van der Waals surface area contributed by atoms with Crippen molar-refractivity contribution in [1.29, 1.82) is 0 Å². The SMILES string of the molecule is CC(O)c1ccc(Oc2cncc(Br)c2)c(F)c1. The fraction of sp³-hybridized carbons (Fsp3) is 0.154. The molecule has 0 saturated heterocycles. The molecule has 1 aromatic heterocycles. The van der Waals surface area contributed by atoms with Crippen LogP contribution in [0.3, 0.4) is 0 Å². The summed E-state index contributed by atoms with van der Waals surface area (Å²) in [6, 6.07) is 6.05. The zero-order valence-electron chi connectivity index (χ0n) is 9.60. The number of aromatic nitrogens is 1. The Balaban J connectivity index is 2.24. The van der Waals surface area contributed by atoms with Crippen molar-refractivity contribution in [2.75, 3.05) is 0 Å². The molecule has 2 rings (SSSR count). The first kappa shape index (κ1) is 13.0. The lowest BCUT2D eigenvalue weighted by molar-refractivity contribution is 0.198. The largest absolute Gasteiger partial charge is 0.453 e. The highest BCUT2D eigenvalue weighted by Crippen LogP contribution is 2.27. The summed E-state index contributed by atoms with van der Waals surface area (Å²) in [6.45, 7) is 1.58. The maximum absolute atomic E-state index is 13.7. The van der Waals surface area contributed by atoms with E-state index in [1.54, 1.807) is 25.3 Å². The smallest absolute Gasteiger partial charge is 0.166 e. The molecule has 0 fully saturated rings. The van der Waals surface area contributed by atoms with Crippen molar-refractivity contribution < 1.29 is 14.2 Å². The quantitative estimate of drug-likeness (QED) is 0.936. The maximum Gasteiger partial charge on any atom is 0.166 e. The van der Waals surface area contributed by atoms with E-state index in [1.807, 2.05) is 0 Å². The topological polar surface area (TPSA) is 42.4 Å². The van der Waals surface area contributed by atoms with Gasteiger partial charge in [0.05, 0.1) is 12.3 Å². The van der Waals surface area contributed by atoms with Gasteiger partial charge >= 0.3 is 0 Å². The average molecular weight is 312 g/mol. The summed E-state index contributed by atoms with van der Waals surface area (Å²) >= 11 is 3.26. The van der Waals surface area contributed by atoms with E-state index in [0.29, 0.717) is 11.3 Å². The molecule has 18 heavy (non-hydrogen) atoms. The third-order valence-corrected chi connectivity index (χ3v) is 2.78. The minimum Gasteiger partial charge on any atom is -0.453 e. The van der Waals surface area contributed by atoms with Crippen LogP contribution in [0.2, 0.25) is 0 Å². The Morgan fingerprint density at radius 1 is 1.33 bits per heavy atom. The summed E-state index contributed by atoms with van der Waals surface area (Å²) in [6.07, 6.45) is 2.40. The van der Waals surface area contributed by atoms with E-state index >= 15 is 0 Å². The van der Waals surface area contributed by atoms with Gasteiger partial charge in [0.2, 0.25) is 0 Å². The molecule has 0 saturated carbocycles. The van der Waals surface area contributed by atoms with Crippen LogP contribution in [0, 0.1) is 5.82 Å². The number of ether oxygens (including phenoxy) is 1. The van der Waals surface area contributed by atoms with Crippen molar-refractivity contribution in [2.45, 2.75) is 13.0 Å². The van der Waals surface area contributed by atoms with Crippen LogP contribution in [0.1, 0.15) is 18.6 Å². The second-order valence-electron chi connectivity index (χ2n) is 3.81. The number of hydrogen-bond acceptors (Lipinski definition) is 3. The van der Waals surface area contributed by atoms with Crippen LogP contribution in [0.25, 0.3) is 0 Å². The highest BCUT2D eigenvalue weighted by Gasteiger charge is 2.09. The van der Waals surface area contributed by atoms with Crippen LogP contribution in [-0.4, -0.2) is 10.1 Å². The first-order chi connectivity index (χ1) is 8.56. The van der Waals surface area contributed by atoms with Gasteiger partial charge in [0, 0.05) is 10.7 Å². The molecule has 1 aromatic carbocycles. The molecule has 94 valence electrons. The van der Waals surface area contributed by atoms with E-state index in [2.05, 4.69) is 20.9 Å². The molecule has 1 N–H and O–H groups in total. The van der Waals surface area contributed by atoms with Crippen LogP contribution in [0.5, 0.6) is 11.5 Å².